The van der Waals surface area contributed by atoms with E-state index in [2.05, 4.69) is 33.8 Å². The Morgan fingerprint density at radius 1 is 1.05 bits per heavy atom. The van der Waals surface area contributed by atoms with Gasteiger partial charge in [0.2, 0.25) is 5.95 Å². The third-order valence-electron chi connectivity index (χ3n) is 2.97. The maximum absolute atomic E-state index is 4.48. The second-order valence-corrected chi connectivity index (χ2v) is 5.96. The number of hydrogen-bond donors (Lipinski definition) is 2. The molecule has 0 amide bonds. The van der Waals surface area contributed by atoms with Crippen LogP contribution in [-0.4, -0.2) is 35.1 Å². The van der Waals surface area contributed by atoms with Gasteiger partial charge in [0, 0.05) is 24.8 Å². The van der Waals surface area contributed by atoms with Crippen molar-refractivity contribution in [3.05, 3.63) is 11.8 Å². The van der Waals surface area contributed by atoms with Gasteiger partial charge in [0.15, 0.2) is 0 Å². The van der Waals surface area contributed by atoms with Gasteiger partial charge in [-0.1, -0.05) is 19.8 Å². The van der Waals surface area contributed by atoms with Crippen LogP contribution in [0, 0.1) is 6.92 Å². The molecule has 0 unspecified atom stereocenters. The van der Waals surface area contributed by atoms with E-state index < -0.39 is 0 Å². The third-order valence-corrected chi connectivity index (χ3v) is 3.67. The summed E-state index contributed by atoms with van der Waals surface area (Å²) in [6, 6.07) is 2.00. The van der Waals surface area contributed by atoms with Crippen LogP contribution in [0.25, 0.3) is 0 Å². The number of anilines is 2. The third kappa shape index (κ3) is 7.58. The smallest absolute Gasteiger partial charge is 0.224 e. The first-order valence-corrected chi connectivity index (χ1v) is 8.98. The lowest BCUT2D eigenvalue weighted by Gasteiger charge is -2.09. The van der Waals surface area contributed by atoms with Gasteiger partial charge < -0.3 is 10.6 Å². The fraction of sp³-hybridized carbons (Fsp3) is 0.733. The van der Waals surface area contributed by atoms with Crippen molar-refractivity contribution in [1.82, 2.24) is 9.97 Å². The molecule has 0 aromatic carbocycles. The van der Waals surface area contributed by atoms with Crippen molar-refractivity contribution >= 4 is 23.5 Å². The quantitative estimate of drug-likeness (QED) is 0.606. The van der Waals surface area contributed by atoms with E-state index in [9.17, 15) is 0 Å². The Kier molecular flexibility index (Phi) is 9.20. The van der Waals surface area contributed by atoms with Crippen LogP contribution in [0.4, 0.5) is 11.8 Å². The van der Waals surface area contributed by atoms with Gasteiger partial charge in [-0.05, 0) is 38.2 Å². The number of thioether (sulfide) groups is 1. The molecule has 0 saturated heterocycles. The van der Waals surface area contributed by atoms with Crippen LogP contribution >= 0.6 is 11.8 Å². The number of rotatable bonds is 11. The van der Waals surface area contributed by atoms with Gasteiger partial charge in [-0.2, -0.15) is 16.7 Å². The summed E-state index contributed by atoms with van der Waals surface area (Å²) in [6.07, 6.45) is 8.40. The first-order chi connectivity index (χ1) is 9.76. The van der Waals surface area contributed by atoms with Crippen LogP contribution < -0.4 is 10.6 Å². The molecule has 1 heterocycles. The molecule has 5 heteroatoms. The van der Waals surface area contributed by atoms with E-state index in [0.717, 1.165) is 37.0 Å². The molecule has 0 spiro atoms. The molecule has 0 bridgehead atoms. The lowest BCUT2D eigenvalue weighted by Crippen LogP contribution is -2.09. The van der Waals surface area contributed by atoms with Crippen LogP contribution in [0.3, 0.4) is 0 Å². The van der Waals surface area contributed by atoms with Gasteiger partial charge in [0.25, 0.3) is 0 Å². The largest absolute Gasteiger partial charge is 0.370 e. The number of unbranched alkanes of at least 4 members (excludes halogenated alkanes) is 3. The lowest BCUT2D eigenvalue weighted by atomic mass is 10.2. The van der Waals surface area contributed by atoms with Gasteiger partial charge >= 0.3 is 0 Å². The highest BCUT2D eigenvalue weighted by molar-refractivity contribution is 7.98. The maximum Gasteiger partial charge on any atom is 0.224 e. The predicted octanol–water partition coefficient (Wildman–Crippen LogP) is 3.94. The number of nitrogens with one attached hydrogen (secondary N) is 2. The topological polar surface area (TPSA) is 49.8 Å². The van der Waals surface area contributed by atoms with Gasteiger partial charge in [-0.3, -0.25) is 0 Å². The molecule has 0 fully saturated rings. The monoisotopic (exact) mass is 296 g/mol. The fourth-order valence-corrected chi connectivity index (χ4v) is 2.41. The summed E-state index contributed by atoms with van der Waals surface area (Å²) in [5.41, 5.74) is 1.00. The summed E-state index contributed by atoms with van der Waals surface area (Å²) in [6.45, 7) is 6.05. The summed E-state index contributed by atoms with van der Waals surface area (Å²) in [7, 11) is 0. The molecule has 0 aliphatic heterocycles. The summed E-state index contributed by atoms with van der Waals surface area (Å²) < 4.78 is 0. The number of aromatic nitrogens is 2. The first kappa shape index (κ1) is 17.1. The highest BCUT2D eigenvalue weighted by Crippen LogP contribution is 2.10. The average molecular weight is 296 g/mol. The summed E-state index contributed by atoms with van der Waals surface area (Å²) in [5.74, 6) is 2.94. The number of hydrogen-bond acceptors (Lipinski definition) is 5. The Morgan fingerprint density at radius 2 is 1.85 bits per heavy atom. The van der Waals surface area contributed by atoms with Crippen molar-refractivity contribution in [3.8, 4) is 0 Å². The molecular weight excluding hydrogens is 268 g/mol. The Hall–Kier alpha value is -0.970. The Morgan fingerprint density at radius 3 is 2.60 bits per heavy atom. The van der Waals surface area contributed by atoms with Crippen LogP contribution in [0.15, 0.2) is 6.07 Å². The predicted molar refractivity (Wildman–Crippen MR) is 90.9 cm³/mol. The fourth-order valence-electron chi connectivity index (χ4n) is 1.92. The minimum absolute atomic E-state index is 0.731. The van der Waals surface area contributed by atoms with Crippen molar-refractivity contribution in [1.29, 1.82) is 0 Å². The lowest BCUT2D eigenvalue weighted by molar-refractivity contribution is 0.688. The minimum atomic E-state index is 0.731. The SMILES string of the molecule is CCCNc1nc(C)cc(NCCCCCCSC)n1. The Balaban J connectivity index is 2.26. The van der Waals surface area contributed by atoms with Crippen molar-refractivity contribution in [2.45, 2.75) is 46.0 Å². The number of nitrogens with zero attached hydrogens (tertiary/aromatic N) is 2. The number of aryl methyl sites for hydroxylation is 1. The van der Waals surface area contributed by atoms with Crippen molar-refractivity contribution in [2.24, 2.45) is 0 Å². The molecule has 0 saturated carbocycles. The van der Waals surface area contributed by atoms with E-state index in [0.29, 0.717) is 0 Å². The van der Waals surface area contributed by atoms with Crippen molar-refractivity contribution < 1.29 is 0 Å². The highest BCUT2D eigenvalue weighted by atomic mass is 32.2. The molecule has 1 aromatic heterocycles. The van der Waals surface area contributed by atoms with E-state index in [4.69, 9.17) is 0 Å². The van der Waals surface area contributed by atoms with E-state index >= 15 is 0 Å². The standard InChI is InChI=1S/C15H28N4S/c1-4-9-17-15-18-13(2)12-14(19-15)16-10-7-5-6-8-11-20-3/h12H,4-11H2,1-3H3,(H2,16,17,18,19). The molecule has 0 aliphatic carbocycles. The van der Waals surface area contributed by atoms with Crippen molar-refractivity contribution in [3.63, 3.8) is 0 Å². The molecule has 0 radical (unpaired) electrons. The van der Waals surface area contributed by atoms with E-state index in [1.807, 2.05) is 24.8 Å². The molecule has 0 aliphatic rings. The zero-order chi connectivity index (χ0) is 14.6. The zero-order valence-corrected chi connectivity index (χ0v) is 13.9. The Bertz CT molecular complexity index is 371. The first-order valence-electron chi connectivity index (χ1n) is 7.58. The minimum Gasteiger partial charge on any atom is -0.370 e. The summed E-state index contributed by atoms with van der Waals surface area (Å²) in [5, 5.41) is 6.63. The molecule has 114 valence electrons. The maximum atomic E-state index is 4.48. The van der Waals surface area contributed by atoms with Crippen LogP contribution in [0.5, 0.6) is 0 Å². The summed E-state index contributed by atoms with van der Waals surface area (Å²) in [4.78, 5) is 8.87. The summed E-state index contributed by atoms with van der Waals surface area (Å²) >= 11 is 1.93. The molecule has 1 rings (SSSR count). The van der Waals surface area contributed by atoms with Crippen molar-refractivity contribution in [2.75, 3.05) is 35.7 Å². The zero-order valence-electron chi connectivity index (χ0n) is 13.0. The normalized spacial score (nSPS) is 10.6. The molecule has 1 aromatic rings. The molecule has 4 nitrogen and oxygen atoms in total. The Labute approximate surface area is 127 Å². The van der Waals surface area contributed by atoms with Crippen LogP contribution in [0.2, 0.25) is 0 Å². The second-order valence-electron chi connectivity index (χ2n) is 4.98. The average Bonchev–Trinajstić information content (AvgIpc) is 2.43. The van der Waals surface area contributed by atoms with Gasteiger partial charge in [-0.25, -0.2) is 4.98 Å². The van der Waals surface area contributed by atoms with E-state index in [-0.39, 0.29) is 0 Å². The molecule has 2 N–H and O–H groups in total. The van der Waals surface area contributed by atoms with Crippen LogP contribution in [-0.2, 0) is 0 Å². The molecular formula is C15H28N4S. The van der Waals surface area contributed by atoms with E-state index in [1.54, 1.807) is 0 Å². The second kappa shape index (κ2) is 10.8. The van der Waals surface area contributed by atoms with Crippen LogP contribution in [0.1, 0.15) is 44.7 Å². The molecule has 20 heavy (non-hydrogen) atoms. The van der Waals surface area contributed by atoms with Gasteiger partial charge in [0.1, 0.15) is 5.82 Å². The highest BCUT2D eigenvalue weighted by Gasteiger charge is 2.01. The van der Waals surface area contributed by atoms with Gasteiger partial charge in [0.05, 0.1) is 0 Å². The molecule has 0 atom stereocenters. The van der Waals surface area contributed by atoms with E-state index in [1.165, 1.54) is 31.4 Å². The van der Waals surface area contributed by atoms with Gasteiger partial charge in [-0.15, -0.1) is 0 Å².